The molecule has 31 heavy (non-hydrogen) atoms. The molecule has 5 nitrogen and oxygen atoms in total. The number of hydrogen-bond donors (Lipinski definition) is 1. The van der Waals surface area contributed by atoms with Gasteiger partial charge in [-0.15, -0.1) is 0 Å². The van der Waals surface area contributed by atoms with Crippen molar-refractivity contribution in [2.24, 2.45) is 5.73 Å². The van der Waals surface area contributed by atoms with Gasteiger partial charge in [-0.2, -0.15) is 0 Å². The zero-order chi connectivity index (χ0) is 22.3. The summed E-state index contributed by atoms with van der Waals surface area (Å²) in [5.41, 5.74) is 11.8. The van der Waals surface area contributed by atoms with Crippen LogP contribution in [-0.4, -0.2) is 20.1 Å². The minimum atomic E-state index is -0.640. The molecule has 158 valence electrons. The van der Waals surface area contributed by atoms with E-state index in [0.717, 1.165) is 33.3 Å². The molecule has 0 aliphatic carbocycles. The molecule has 4 aromatic rings. The predicted octanol–water partition coefficient (Wildman–Crippen LogP) is 6.65. The fourth-order valence-corrected chi connectivity index (χ4v) is 4.09. The number of nitrogens with two attached hydrogens (primary N) is 1. The maximum Gasteiger partial charge on any atom is 0.326 e. The molecular formula is C25H24ClN3O2. The van der Waals surface area contributed by atoms with Crippen LogP contribution in [0.3, 0.4) is 0 Å². The van der Waals surface area contributed by atoms with Crippen molar-refractivity contribution in [1.82, 2.24) is 0 Å². The number of carbonyl (C=O) groups excluding carboxylic acids is 1. The molecule has 0 aliphatic heterocycles. The molecule has 2 amide bonds. The van der Waals surface area contributed by atoms with Crippen molar-refractivity contribution in [2.75, 3.05) is 23.9 Å². The van der Waals surface area contributed by atoms with E-state index in [4.69, 9.17) is 21.8 Å². The monoisotopic (exact) mass is 433 g/mol. The molecule has 0 bridgehead atoms. The van der Waals surface area contributed by atoms with Gasteiger partial charge in [-0.1, -0.05) is 35.9 Å². The van der Waals surface area contributed by atoms with Crippen molar-refractivity contribution in [3.05, 3.63) is 76.8 Å². The molecule has 6 heteroatoms. The molecule has 0 atom stereocenters. The summed E-state index contributed by atoms with van der Waals surface area (Å²) in [7, 11) is 3.92. The summed E-state index contributed by atoms with van der Waals surface area (Å²) in [5.74, 6) is 0.349. The van der Waals surface area contributed by atoms with Gasteiger partial charge in [0.1, 0.15) is 5.58 Å². The van der Waals surface area contributed by atoms with Crippen LogP contribution < -0.4 is 15.5 Å². The number of urea groups is 1. The number of nitrogens with zero attached hydrogens (tertiary/aromatic N) is 2. The van der Waals surface area contributed by atoms with Crippen LogP contribution in [0.25, 0.3) is 22.1 Å². The Hall–Kier alpha value is -3.44. The first-order chi connectivity index (χ1) is 14.8. The molecule has 4 rings (SSSR count). The number of carbonyl (C=O) groups is 1. The molecule has 1 heterocycles. The Bertz CT molecular complexity index is 1280. The van der Waals surface area contributed by atoms with Crippen LogP contribution in [0.1, 0.15) is 11.1 Å². The van der Waals surface area contributed by atoms with E-state index in [1.807, 2.05) is 93.5 Å². The Morgan fingerprint density at radius 2 is 1.61 bits per heavy atom. The van der Waals surface area contributed by atoms with Crippen LogP contribution in [0, 0.1) is 13.8 Å². The molecule has 0 fully saturated rings. The number of aryl methyl sites for hydroxylation is 2. The number of fused-ring (bicyclic) bond motifs is 1. The summed E-state index contributed by atoms with van der Waals surface area (Å²) < 4.78 is 6.31. The highest BCUT2D eigenvalue weighted by Crippen LogP contribution is 2.46. The second kappa shape index (κ2) is 8.00. The van der Waals surface area contributed by atoms with E-state index >= 15 is 0 Å². The third-order valence-electron chi connectivity index (χ3n) is 5.29. The number of anilines is 3. The highest BCUT2D eigenvalue weighted by Gasteiger charge is 2.28. The third-order valence-corrected chi connectivity index (χ3v) is 5.62. The number of rotatable bonds is 4. The molecule has 3 aromatic carbocycles. The second-order valence-corrected chi connectivity index (χ2v) is 8.21. The van der Waals surface area contributed by atoms with E-state index in [0.29, 0.717) is 22.2 Å². The highest BCUT2D eigenvalue weighted by molar-refractivity contribution is 6.34. The van der Waals surface area contributed by atoms with Gasteiger partial charge in [0.2, 0.25) is 5.88 Å². The topological polar surface area (TPSA) is 62.7 Å². The molecular weight excluding hydrogens is 410 g/mol. The maximum absolute atomic E-state index is 12.7. The lowest BCUT2D eigenvalue weighted by molar-refractivity contribution is 0.255. The Kier molecular flexibility index (Phi) is 5.38. The number of benzene rings is 3. The van der Waals surface area contributed by atoms with Gasteiger partial charge in [-0.25, -0.2) is 9.69 Å². The van der Waals surface area contributed by atoms with Crippen molar-refractivity contribution in [3.63, 3.8) is 0 Å². The standard InChI is InChI=1S/C25H24ClN3O2/c1-15-13-16(2)23-20(14-15)22(19-7-5-6-8-21(19)26)24(31-23)29(25(27)30)18-11-9-17(10-12-18)28(3)4/h5-14H,1-4H3,(H2,27,30). The molecule has 0 spiro atoms. The Morgan fingerprint density at radius 1 is 0.968 bits per heavy atom. The summed E-state index contributed by atoms with van der Waals surface area (Å²) in [5, 5.41) is 1.45. The van der Waals surface area contributed by atoms with E-state index < -0.39 is 6.03 Å². The lowest BCUT2D eigenvalue weighted by Gasteiger charge is -2.21. The van der Waals surface area contributed by atoms with Crippen LogP contribution in [0.2, 0.25) is 5.02 Å². The summed E-state index contributed by atoms with van der Waals surface area (Å²) in [4.78, 5) is 16.0. The zero-order valence-corrected chi connectivity index (χ0v) is 18.7. The van der Waals surface area contributed by atoms with Gasteiger partial charge in [-0.05, 0) is 61.4 Å². The van der Waals surface area contributed by atoms with Crippen LogP contribution in [0.15, 0.2) is 65.1 Å². The van der Waals surface area contributed by atoms with Gasteiger partial charge in [0, 0.05) is 35.8 Å². The van der Waals surface area contributed by atoms with Gasteiger partial charge >= 0.3 is 6.03 Å². The second-order valence-electron chi connectivity index (χ2n) is 7.81. The van der Waals surface area contributed by atoms with E-state index in [2.05, 4.69) is 0 Å². The van der Waals surface area contributed by atoms with Crippen LogP contribution in [0.4, 0.5) is 22.1 Å². The fourth-order valence-electron chi connectivity index (χ4n) is 3.86. The minimum absolute atomic E-state index is 0.349. The lowest BCUT2D eigenvalue weighted by Crippen LogP contribution is -2.31. The quantitative estimate of drug-likeness (QED) is 0.391. The molecule has 0 unspecified atom stereocenters. The maximum atomic E-state index is 12.7. The van der Waals surface area contributed by atoms with E-state index in [9.17, 15) is 4.79 Å². The number of primary amides is 1. The molecule has 2 N–H and O–H groups in total. The minimum Gasteiger partial charge on any atom is -0.439 e. The number of hydrogen-bond acceptors (Lipinski definition) is 3. The summed E-state index contributed by atoms with van der Waals surface area (Å²) in [6.45, 7) is 4.01. The summed E-state index contributed by atoms with van der Waals surface area (Å²) in [6, 6.07) is 18.5. The average molecular weight is 434 g/mol. The largest absolute Gasteiger partial charge is 0.439 e. The van der Waals surface area contributed by atoms with Crippen LogP contribution in [-0.2, 0) is 0 Å². The Balaban J connectivity index is 2.03. The first-order valence-electron chi connectivity index (χ1n) is 9.93. The molecule has 0 saturated carbocycles. The SMILES string of the molecule is Cc1cc(C)c2oc(N(C(N)=O)c3ccc(N(C)C)cc3)c(-c3ccccc3Cl)c2c1. The Morgan fingerprint density at radius 3 is 2.23 bits per heavy atom. The zero-order valence-electron chi connectivity index (χ0n) is 17.9. The number of amides is 2. The fraction of sp³-hybridized carbons (Fsp3) is 0.160. The van der Waals surface area contributed by atoms with Gasteiger partial charge in [-0.3, -0.25) is 0 Å². The van der Waals surface area contributed by atoms with E-state index in [1.54, 1.807) is 0 Å². The first kappa shape index (κ1) is 20.8. The number of furan rings is 1. The lowest BCUT2D eigenvalue weighted by atomic mass is 10.00. The first-order valence-corrected chi connectivity index (χ1v) is 10.3. The molecule has 0 radical (unpaired) electrons. The number of halogens is 1. The van der Waals surface area contributed by atoms with Gasteiger partial charge < -0.3 is 15.1 Å². The smallest absolute Gasteiger partial charge is 0.326 e. The highest BCUT2D eigenvalue weighted by atomic mass is 35.5. The van der Waals surface area contributed by atoms with E-state index in [1.165, 1.54) is 4.90 Å². The van der Waals surface area contributed by atoms with Gasteiger partial charge in [0.05, 0.1) is 11.3 Å². The summed E-state index contributed by atoms with van der Waals surface area (Å²) in [6.07, 6.45) is 0. The van der Waals surface area contributed by atoms with Crippen molar-refractivity contribution in [3.8, 4) is 11.1 Å². The average Bonchev–Trinajstić information content (AvgIpc) is 3.07. The third kappa shape index (κ3) is 3.73. The van der Waals surface area contributed by atoms with E-state index in [-0.39, 0.29) is 0 Å². The van der Waals surface area contributed by atoms with Crippen molar-refractivity contribution >= 4 is 45.9 Å². The molecule has 1 aromatic heterocycles. The van der Waals surface area contributed by atoms with Crippen LogP contribution >= 0.6 is 11.6 Å². The Labute approximate surface area is 186 Å². The van der Waals surface area contributed by atoms with Crippen LogP contribution in [0.5, 0.6) is 0 Å². The normalized spacial score (nSPS) is 11.0. The van der Waals surface area contributed by atoms with Gasteiger partial charge in [0.25, 0.3) is 0 Å². The van der Waals surface area contributed by atoms with Crippen molar-refractivity contribution < 1.29 is 9.21 Å². The summed E-state index contributed by atoms with van der Waals surface area (Å²) >= 11 is 6.57. The molecule has 0 saturated heterocycles. The molecule has 0 aliphatic rings. The van der Waals surface area contributed by atoms with Crippen molar-refractivity contribution in [1.29, 1.82) is 0 Å². The predicted molar refractivity (Wildman–Crippen MR) is 129 cm³/mol. The van der Waals surface area contributed by atoms with Crippen molar-refractivity contribution in [2.45, 2.75) is 13.8 Å². The van der Waals surface area contributed by atoms with Gasteiger partial charge in [0.15, 0.2) is 0 Å².